The Morgan fingerprint density at radius 3 is 2.35 bits per heavy atom. The van der Waals surface area contributed by atoms with Crippen LogP contribution in [0.3, 0.4) is 0 Å². The summed E-state index contributed by atoms with van der Waals surface area (Å²) in [6.07, 6.45) is 0. The molecule has 0 fully saturated rings. The van der Waals surface area contributed by atoms with Crippen molar-refractivity contribution in [3.8, 4) is 0 Å². The maximum absolute atomic E-state index is 13.7. The zero-order valence-corrected chi connectivity index (χ0v) is 13.4. The van der Waals surface area contributed by atoms with Crippen LogP contribution in [0.25, 0.3) is 0 Å². The molecule has 0 bridgehead atoms. The Hall–Kier alpha value is -0.190. The molecule has 0 aliphatic carbocycles. The monoisotopic (exact) mass is 420 g/mol. The average molecular weight is 423 g/mol. The van der Waals surface area contributed by atoms with E-state index in [9.17, 15) is 4.39 Å². The maximum atomic E-state index is 13.7. The summed E-state index contributed by atoms with van der Waals surface area (Å²) in [5.74, 6) is -0.207. The quantitative estimate of drug-likeness (QED) is 0.534. The molecule has 17 heavy (non-hydrogen) atoms. The van der Waals surface area contributed by atoms with Crippen LogP contribution < -0.4 is 0 Å². The molecule has 0 N–H and O–H groups in total. The van der Waals surface area contributed by atoms with Crippen molar-refractivity contribution in [2.45, 2.75) is 4.83 Å². The van der Waals surface area contributed by atoms with Crippen molar-refractivity contribution < 1.29 is 4.39 Å². The summed E-state index contributed by atoms with van der Waals surface area (Å²) in [6.45, 7) is 0. The van der Waals surface area contributed by atoms with E-state index < -0.39 is 0 Å². The Kier molecular flexibility index (Phi) is 4.39. The molecule has 88 valence electrons. The summed E-state index contributed by atoms with van der Waals surface area (Å²) in [6, 6.07) is 12.6. The minimum atomic E-state index is -0.207. The second-order valence-electron chi connectivity index (χ2n) is 3.55. The van der Waals surface area contributed by atoms with E-state index in [0.29, 0.717) is 5.56 Å². The molecular weight excluding hydrogens is 415 g/mol. The Morgan fingerprint density at radius 1 is 0.941 bits per heavy atom. The van der Waals surface area contributed by atoms with Gasteiger partial charge in [0.2, 0.25) is 0 Å². The Labute approximate surface area is 125 Å². The predicted octanol–water partition coefficient (Wildman–Crippen LogP) is 5.84. The van der Waals surface area contributed by atoms with Gasteiger partial charge in [0.25, 0.3) is 0 Å². The molecule has 0 heterocycles. The van der Waals surface area contributed by atoms with E-state index in [-0.39, 0.29) is 10.6 Å². The highest BCUT2D eigenvalue weighted by Crippen LogP contribution is 2.37. The maximum Gasteiger partial charge on any atom is 0.127 e. The van der Waals surface area contributed by atoms with Crippen LogP contribution in [-0.4, -0.2) is 0 Å². The topological polar surface area (TPSA) is 0 Å². The van der Waals surface area contributed by atoms with Crippen LogP contribution >= 0.6 is 47.8 Å². The molecule has 2 rings (SSSR count). The Bertz CT molecular complexity index is 540. The number of hydrogen-bond acceptors (Lipinski definition) is 0. The molecule has 2 aromatic carbocycles. The Balaban J connectivity index is 2.47. The van der Waals surface area contributed by atoms with E-state index in [0.717, 1.165) is 14.5 Å². The number of benzene rings is 2. The van der Waals surface area contributed by atoms with Crippen LogP contribution in [-0.2, 0) is 0 Å². The van der Waals surface area contributed by atoms with Crippen molar-refractivity contribution in [1.29, 1.82) is 0 Å². The van der Waals surface area contributed by atoms with Crippen molar-refractivity contribution >= 4 is 47.8 Å². The lowest BCUT2D eigenvalue weighted by Gasteiger charge is -2.13. The van der Waals surface area contributed by atoms with E-state index in [1.807, 2.05) is 24.3 Å². The fourth-order valence-electron chi connectivity index (χ4n) is 1.56. The van der Waals surface area contributed by atoms with Crippen LogP contribution in [0.5, 0.6) is 0 Å². The number of rotatable bonds is 2. The van der Waals surface area contributed by atoms with E-state index in [2.05, 4.69) is 47.8 Å². The van der Waals surface area contributed by atoms with Gasteiger partial charge in [-0.2, -0.15) is 0 Å². The lowest BCUT2D eigenvalue weighted by Crippen LogP contribution is -1.97. The molecule has 2 aromatic rings. The zero-order valence-electron chi connectivity index (χ0n) is 8.63. The van der Waals surface area contributed by atoms with Crippen LogP contribution in [0.15, 0.2) is 51.4 Å². The molecule has 0 aliphatic rings. The molecule has 0 aromatic heterocycles. The van der Waals surface area contributed by atoms with Crippen molar-refractivity contribution in [2.24, 2.45) is 0 Å². The van der Waals surface area contributed by atoms with Gasteiger partial charge in [-0.25, -0.2) is 4.39 Å². The van der Waals surface area contributed by atoms with Crippen LogP contribution in [0.4, 0.5) is 4.39 Å². The summed E-state index contributed by atoms with van der Waals surface area (Å²) in [5.41, 5.74) is 1.62. The molecule has 0 spiro atoms. The summed E-state index contributed by atoms with van der Waals surface area (Å²) < 4.78 is 15.6. The van der Waals surface area contributed by atoms with Gasteiger partial charge in [0, 0.05) is 14.5 Å². The fraction of sp³-hybridized carbons (Fsp3) is 0.0769. The first-order chi connectivity index (χ1) is 8.09. The van der Waals surface area contributed by atoms with E-state index in [4.69, 9.17) is 0 Å². The minimum Gasteiger partial charge on any atom is -0.207 e. The SMILES string of the molecule is Fc1ccccc1C(Br)c1cc(Br)ccc1Br. The lowest BCUT2D eigenvalue weighted by molar-refractivity contribution is 0.613. The smallest absolute Gasteiger partial charge is 0.127 e. The van der Waals surface area contributed by atoms with E-state index in [1.54, 1.807) is 12.1 Å². The third kappa shape index (κ3) is 2.98. The summed E-state index contributed by atoms with van der Waals surface area (Å²) in [5, 5.41) is 0. The standard InChI is InChI=1S/C13H8Br3F/c14-8-5-6-11(15)10(7-8)13(16)9-3-1-2-4-12(9)17/h1-7,13H. The second kappa shape index (κ2) is 5.63. The second-order valence-corrected chi connectivity index (χ2v) is 6.24. The first-order valence-corrected chi connectivity index (χ1v) is 7.43. The van der Waals surface area contributed by atoms with Crippen molar-refractivity contribution in [3.63, 3.8) is 0 Å². The van der Waals surface area contributed by atoms with Gasteiger partial charge in [-0.05, 0) is 29.8 Å². The predicted molar refractivity (Wildman–Crippen MR) is 79.0 cm³/mol. The molecular formula is C13H8Br3F. The molecule has 0 saturated heterocycles. The molecule has 4 heteroatoms. The van der Waals surface area contributed by atoms with Gasteiger partial charge in [0.05, 0.1) is 4.83 Å². The lowest BCUT2D eigenvalue weighted by atomic mass is 10.0. The molecule has 0 amide bonds. The summed E-state index contributed by atoms with van der Waals surface area (Å²) in [4.78, 5) is -0.171. The molecule has 0 nitrogen and oxygen atoms in total. The molecule has 1 unspecified atom stereocenters. The third-order valence-electron chi connectivity index (χ3n) is 2.41. The van der Waals surface area contributed by atoms with Crippen molar-refractivity contribution in [1.82, 2.24) is 0 Å². The average Bonchev–Trinajstić information content (AvgIpc) is 2.32. The minimum absolute atomic E-state index is 0.171. The number of hydrogen-bond donors (Lipinski definition) is 0. The molecule has 0 saturated carbocycles. The first kappa shape index (κ1) is 13.2. The van der Waals surface area contributed by atoms with Gasteiger partial charge in [0.1, 0.15) is 5.82 Å². The van der Waals surface area contributed by atoms with Gasteiger partial charge < -0.3 is 0 Å². The van der Waals surface area contributed by atoms with Gasteiger partial charge >= 0.3 is 0 Å². The number of alkyl halides is 1. The first-order valence-electron chi connectivity index (χ1n) is 4.93. The highest BCUT2D eigenvalue weighted by molar-refractivity contribution is 9.11. The Morgan fingerprint density at radius 2 is 1.65 bits per heavy atom. The van der Waals surface area contributed by atoms with Gasteiger partial charge in [0.15, 0.2) is 0 Å². The molecule has 0 aliphatic heterocycles. The molecule has 1 atom stereocenters. The normalized spacial score (nSPS) is 12.5. The highest BCUT2D eigenvalue weighted by atomic mass is 79.9. The van der Waals surface area contributed by atoms with E-state index >= 15 is 0 Å². The summed E-state index contributed by atoms with van der Waals surface area (Å²) >= 11 is 10.4. The van der Waals surface area contributed by atoms with Crippen LogP contribution in [0, 0.1) is 5.82 Å². The zero-order chi connectivity index (χ0) is 12.4. The largest absolute Gasteiger partial charge is 0.207 e. The van der Waals surface area contributed by atoms with Crippen molar-refractivity contribution in [2.75, 3.05) is 0 Å². The summed E-state index contributed by atoms with van der Waals surface area (Å²) in [7, 11) is 0. The van der Waals surface area contributed by atoms with Crippen LogP contribution in [0.2, 0.25) is 0 Å². The van der Waals surface area contributed by atoms with Gasteiger partial charge in [-0.15, -0.1) is 0 Å². The third-order valence-corrected chi connectivity index (χ3v) is 4.61. The molecule has 0 radical (unpaired) electrons. The number of halogens is 4. The highest BCUT2D eigenvalue weighted by Gasteiger charge is 2.16. The van der Waals surface area contributed by atoms with Crippen LogP contribution in [0.1, 0.15) is 16.0 Å². The van der Waals surface area contributed by atoms with Gasteiger partial charge in [-0.3, -0.25) is 0 Å². The van der Waals surface area contributed by atoms with Gasteiger partial charge in [-0.1, -0.05) is 66.0 Å². The van der Waals surface area contributed by atoms with Crippen molar-refractivity contribution in [3.05, 3.63) is 68.4 Å². The fourth-order valence-corrected chi connectivity index (χ4v) is 3.47. The van der Waals surface area contributed by atoms with E-state index in [1.165, 1.54) is 6.07 Å².